The Hall–Kier alpha value is -1.81. The van der Waals surface area contributed by atoms with Crippen molar-refractivity contribution in [2.75, 3.05) is 32.7 Å². The minimum atomic E-state index is 0.0290. The fraction of sp³-hybridized carbons (Fsp3) is 0.471. The lowest BCUT2D eigenvalue weighted by molar-refractivity contribution is 0.143. The van der Waals surface area contributed by atoms with E-state index in [9.17, 15) is 4.79 Å². The number of urea groups is 1. The summed E-state index contributed by atoms with van der Waals surface area (Å²) in [5, 5.41) is 3.07. The molecule has 1 atom stereocenters. The minimum absolute atomic E-state index is 0.0290. The fourth-order valence-corrected chi connectivity index (χ4v) is 2.59. The van der Waals surface area contributed by atoms with Gasteiger partial charge in [-0.25, -0.2) is 4.79 Å². The molecule has 0 bridgehead atoms. The summed E-state index contributed by atoms with van der Waals surface area (Å²) in [7, 11) is 0. The van der Waals surface area contributed by atoms with E-state index in [0.29, 0.717) is 0 Å². The molecule has 0 spiro atoms. The summed E-state index contributed by atoms with van der Waals surface area (Å²) in [5.74, 6) is 0. The van der Waals surface area contributed by atoms with Crippen LogP contribution in [0.25, 0.3) is 0 Å². The van der Waals surface area contributed by atoms with Gasteiger partial charge < -0.3 is 10.2 Å². The van der Waals surface area contributed by atoms with Gasteiger partial charge in [-0.05, 0) is 19.4 Å². The summed E-state index contributed by atoms with van der Waals surface area (Å²) in [6, 6.07) is 10.1. The largest absolute Gasteiger partial charge is 0.331 e. The number of piperazine rings is 1. The van der Waals surface area contributed by atoms with Gasteiger partial charge in [0.15, 0.2) is 0 Å². The Balaban J connectivity index is 1.81. The number of nitrogens with one attached hydrogen (secondary N) is 1. The maximum absolute atomic E-state index is 12.3. The van der Waals surface area contributed by atoms with Crippen LogP contribution in [0, 0.1) is 0 Å². The van der Waals surface area contributed by atoms with Crippen molar-refractivity contribution in [1.29, 1.82) is 0 Å². The third-order valence-corrected chi connectivity index (χ3v) is 3.79. The Labute approximate surface area is 127 Å². The number of benzene rings is 1. The highest BCUT2D eigenvalue weighted by atomic mass is 16.2. The van der Waals surface area contributed by atoms with Crippen LogP contribution in [0.1, 0.15) is 25.5 Å². The maximum Gasteiger partial charge on any atom is 0.317 e. The van der Waals surface area contributed by atoms with E-state index in [1.165, 1.54) is 5.57 Å². The molecule has 1 aromatic carbocycles. The molecule has 0 aliphatic carbocycles. The quantitative estimate of drug-likeness (QED) is 0.864. The second-order valence-corrected chi connectivity index (χ2v) is 5.80. The van der Waals surface area contributed by atoms with Crippen LogP contribution in [0.15, 0.2) is 42.5 Å². The van der Waals surface area contributed by atoms with Crippen molar-refractivity contribution in [2.45, 2.75) is 19.9 Å². The summed E-state index contributed by atoms with van der Waals surface area (Å²) in [4.78, 5) is 16.5. The summed E-state index contributed by atoms with van der Waals surface area (Å²) >= 11 is 0. The topological polar surface area (TPSA) is 35.6 Å². The zero-order valence-electron chi connectivity index (χ0n) is 13.0. The molecule has 2 rings (SSSR count). The second kappa shape index (κ2) is 7.27. The SMILES string of the molecule is C=C(C)CN1CCN(C(=O)N[C@H](C)c2ccccc2)CC1. The summed E-state index contributed by atoms with van der Waals surface area (Å²) in [5.41, 5.74) is 2.30. The molecule has 1 N–H and O–H groups in total. The third kappa shape index (κ3) is 4.60. The van der Waals surface area contributed by atoms with Crippen molar-refractivity contribution in [3.8, 4) is 0 Å². The smallest absolute Gasteiger partial charge is 0.317 e. The number of hydrogen-bond donors (Lipinski definition) is 1. The zero-order valence-corrected chi connectivity index (χ0v) is 13.0. The van der Waals surface area contributed by atoms with Crippen molar-refractivity contribution in [1.82, 2.24) is 15.1 Å². The molecular formula is C17H25N3O. The van der Waals surface area contributed by atoms with Crippen LogP contribution in [0.3, 0.4) is 0 Å². The van der Waals surface area contributed by atoms with E-state index in [-0.39, 0.29) is 12.1 Å². The van der Waals surface area contributed by atoms with Gasteiger partial charge in [0.05, 0.1) is 6.04 Å². The first-order valence-electron chi connectivity index (χ1n) is 7.53. The number of nitrogens with zero attached hydrogens (tertiary/aromatic N) is 2. The van der Waals surface area contributed by atoms with Crippen LogP contribution < -0.4 is 5.32 Å². The predicted molar refractivity (Wildman–Crippen MR) is 86.2 cm³/mol. The first-order chi connectivity index (χ1) is 10.1. The monoisotopic (exact) mass is 287 g/mol. The van der Waals surface area contributed by atoms with E-state index < -0.39 is 0 Å². The predicted octanol–water partition coefficient (Wildman–Crippen LogP) is 2.65. The molecule has 4 heteroatoms. The lowest BCUT2D eigenvalue weighted by atomic mass is 10.1. The molecule has 21 heavy (non-hydrogen) atoms. The van der Waals surface area contributed by atoms with Crippen molar-refractivity contribution >= 4 is 6.03 Å². The van der Waals surface area contributed by atoms with Crippen LogP contribution >= 0.6 is 0 Å². The zero-order chi connectivity index (χ0) is 15.2. The lowest BCUT2D eigenvalue weighted by Gasteiger charge is -2.35. The van der Waals surface area contributed by atoms with Crippen LogP contribution in [-0.4, -0.2) is 48.6 Å². The lowest BCUT2D eigenvalue weighted by Crippen LogP contribution is -2.52. The molecule has 1 heterocycles. The fourth-order valence-electron chi connectivity index (χ4n) is 2.59. The van der Waals surface area contributed by atoms with Gasteiger partial charge in [0.2, 0.25) is 0 Å². The normalized spacial score (nSPS) is 17.3. The number of hydrogen-bond acceptors (Lipinski definition) is 2. The first-order valence-corrected chi connectivity index (χ1v) is 7.53. The molecular weight excluding hydrogens is 262 g/mol. The molecule has 1 fully saturated rings. The average molecular weight is 287 g/mol. The van der Waals surface area contributed by atoms with Gasteiger partial charge in [0, 0.05) is 32.7 Å². The highest BCUT2D eigenvalue weighted by molar-refractivity contribution is 5.74. The van der Waals surface area contributed by atoms with Gasteiger partial charge in [-0.1, -0.05) is 42.5 Å². The standard InChI is InChI=1S/C17H25N3O/c1-14(2)13-19-9-11-20(12-10-19)17(21)18-15(3)16-7-5-4-6-8-16/h4-8,15H,1,9-13H2,2-3H3,(H,18,21)/t15-/m1/s1. The molecule has 4 nitrogen and oxygen atoms in total. The average Bonchev–Trinajstić information content (AvgIpc) is 2.48. The van der Waals surface area contributed by atoms with Crippen molar-refractivity contribution in [3.05, 3.63) is 48.0 Å². The van der Waals surface area contributed by atoms with E-state index in [4.69, 9.17) is 0 Å². The van der Waals surface area contributed by atoms with Crippen molar-refractivity contribution < 1.29 is 4.79 Å². The van der Waals surface area contributed by atoms with Gasteiger partial charge in [0.1, 0.15) is 0 Å². The minimum Gasteiger partial charge on any atom is -0.331 e. The Morgan fingerprint density at radius 2 is 1.86 bits per heavy atom. The summed E-state index contributed by atoms with van der Waals surface area (Å²) in [6.45, 7) is 12.3. The van der Waals surface area contributed by atoms with E-state index in [1.807, 2.05) is 49.1 Å². The highest BCUT2D eigenvalue weighted by Gasteiger charge is 2.22. The molecule has 0 aromatic heterocycles. The maximum atomic E-state index is 12.3. The first kappa shape index (κ1) is 15.6. The molecule has 114 valence electrons. The van der Waals surface area contributed by atoms with Crippen LogP contribution in [0.2, 0.25) is 0 Å². The molecule has 0 saturated carbocycles. The Morgan fingerprint density at radius 3 is 2.43 bits per heavy atom. The highest BCUT2D eigenvalue weighted by Crippen LogP contribution is 2.12. The van der Waals surface area contributed by atoms with Gasteiger partial charge in [0.25, 0.3) is 0 Å². The van der Waals surface area contributed by atoms with E-state index >= 15 is 0 Å². The Kier molecular flexibility index (Phi) is 5.39. The third-order valence-electron chi connectivity index (χ3n) is 3.79. The van der Waals surface area contributed by atoms with Crippen LogP contribution in [-0.2, 0) is 0 Å². The van der Waals surface area contributed by atoms with Crippen LogP contribution in [0.4, 0.5) is 4.79 Å². The molecule has 1 aromatic rings. The van der Waals surface area contributed by atoms with Crippen molar-refractivity contribution in [2.24, 2.45) is 0 Å². The van der Waals surface area contributed by atoms with Gasteiger partial charge >= 0.3 is 6.03 Å². The number of amides is 2. The molecule has 0 unspecified atom stereocenters. The summed E-state index contributed by atoms with van der Waals surface area (Å²) in [6.07, 6.45) is 0. The van der Waals surface area contributed by atoms with Gasteiger partial charge in [-0.2, -0.15) is 0 Å². The Morgan fingerprint density at radius 1 is 1.24 bits per heavy atom. The second-order valence-electron chi connectivity index (χ2n) is 5.80. The van der Waals surface area contributed by atoms with E-state index in [0.717, 1.165) is 38.3 Å². The molecule has 1 aliphatic rings. The van der Waals surface area contributed by atoms with Crippen molar-refractivity contribution in [3.63, 3.8) is 0 Å². The number of rotatable bonds is 4. The van der Waals surface area contributed by atoms with Gasteiger partial charge in [-0.15, -0.1) is 0 Å². The summed E-state index contributed by atoms with van der Waals surface area (Å²) < 4.78 is 0. The molecule has 1 aliphatic heterocycles. The number of carbonyl (C=O) groups is 1. The molecule has 1 saturated heterocycles. The Bertz CT molecular complexity index is 478. The molecule has 2 amide bonds. The molecule has 0 radical (unpaired) electrons. The van der Waals surface area contributed by atoms with Gasteiger partial charge in [-0.3, -0.25) is 4.90 Å². The van der Waals surface area contributed by atoms with Crippen LogP contribution in [0.5, 0.6) is 0 Å². The number of carbonyl (C=O) groups excluding carboxylic acids is 1. The van der Waals surface area contributed by atoms with E-state index in [2.05, 4.69) is 16.8 Å². The van der Waals surface area contributed by atoms with E-state index in [1.54, 1.807) is 0 Å².